The molecule has 128 valence electrons. The van der Waals surface area contributed by atoms with Crippen LogP contribution in [0.15, 0.2) is 24.3 Å². The van der Waals surface area contributed by atoms with Crippen LogP contribution in [0.4, 0.5) is 10.8 Å². The molecule has 1 aliphatic rings. The number of benzene rings is 1. The molecular weight excluding hydrogens is 320 g/mol. The van der Waals surface area contributed by atoms with Crippen molar-refractivity contribution in [1.82, 2.24) is 4.98 Å². The molecule has 5 heteroatoms. The average Bonchev–Trinajstić information content (AvgIpc) is 2.99. The third-order valence-electron chi connectivity index (χ3n) is 5.04. The number of aromatic nitrogens is 1. The van der Waals surface area contributed by atoms with Gasteiger partial charge in [-0.1, -0.05) is 27.7 Å². The van der Waals surface area contributed by atoms with Gasteiger partial charge in [-0.2, -0.15) is 0 Å². The number of aromatic carboxylic acids is 1. The van der Waals surface area contributed by atoms with Crippen LogP contribution < -0.4 is 4.90 Å². The first-order valence-corrected chi connectivity index (χ1v) is 9.02. The molecule has 0 fully saturated rings. The van der Waals surface area contributed by atoms with Crippen LogP contribution in [-0.2, 0) is 10.8 Å². The molecule has 3 rings (SSSR count). The largest absolute Gasteiger partial charge is 0.478 e. The smallest absolute Gasteiger partial charge is 0.335 e. The third-order valence-corrected chi connectivity index (χ3v) is 6.53. The van der Waals surface area contributed by atoms with Crippen LogP contribution in [0.2, 0.25) is 0 Å². The van der Waals surface area contributed by atoms with Gasteiger partial charge in [-0.3, -0.25) is 0 Å². The molecule has 0 aliphatic heterocycles. The van der Waals surface area contributed by atoms with Crippen molar-refractivity contribution < 1.29 is 9.90 Å². The summed E-state index contributed by atoms with van der Waals surface area (Å²) in [5.74, 6) is -0.905. The van der Waals surface area contributed by atoms with Gasteiger partial charge in [-0.25, -0.2) is 9.78 Å². The monoisotopic (exact) mass is 344 g/mol. The van der Waals surface area contributed by atoms with E-state index < -0.39 is 5.97 Å². The van der Waals surface area contributed by atoms with E-state index in [1.165, 1.54) is 17.0 Å². The second kappa shape index (κ2) is 5.59. The zero-order valence-corrected chi connectivity index (χ0v) is 15.7. The average molecular weight is 344 g/mol. The highest BCUT2D eigenvalue weighted by Gasteiger charge is 2.40. The molecule has 1 heterocycles. The summed E-state index contributed by atoms with van der Waals surface area (Å²) in [6.07, 6.45) is 2.32. The van der Waals surface area contributed by atoms with Crippen LogP contribution in [0.5, 0.6) is 0 Å². The number of carboxylic acid groups (broad SMARTS) is 1. The Hall–Kier alpha value is -1.88. The van der Waals surface area contributed by atoms with Crippen molar-refractivity contribution in [3.8, 4) is 0 Å². The van der Waals surface area contributed by atoms with Gasteiger partial charge in [0.25, 0.3) is 0 Å². The normalized spacial score (nSPS) is 18.0. The summed E-state index contributed by atoms with van der Waals surface area (Å²) in [5, 5.41) is 10.00. The van der Waals surface area contributed by atoms with Crippen molar-refractivity contribution in [3.63, 3.8) is 0 Å². The molecule has 1 aliphatic carbocycles. The van der Waals surface area contributed by atoms with Crippen molar-refractivity contribution in [3.05, 3.63) is 40.4 Å². The minimum absolute atomic E-state index is 0.105. The summed E-state index contributed by atoms with van der Waals surface area (Å²) in [5.41, 5.74) is 2.73. The predicted molar refractivity (Wildman–Crippen MR) is 98.9 cm³/mol. The first kappa shape index (κ1) is 17.0. The zero-order chi connectivity index (χ0) is 17.7. The molecule has 0 unspecified atom stereocenters. The lowest BCUT2D eigenvalue weighted by molar-refractivity contribution is 0.0697. The molecule has 0 saturated carbocycles. The lowest BCUT2D eigenvalue weighted by Gasteiger charge is -2.37. The van der Waals surface area contributed by atoms with Gasteiger partial charge < -0.3 is 10.0 Å². The van der Waals surface area contributed by atoms with Crippen LogP contribution in [-0.4, -0.2) is 23.1 Å². The minimum atomic E-state index is -0.905. The van der Waals surface area contributed by atoms with Crippen molar-refractivity contribution in [2.45, 2.75) is 51.4 Å². The number of nitrogens with zero attached hydrogens (tertiary/aromatic N) is 2. The Morgan fingerprint density at radius 2 is 1.71 bits per heavy atom. The highest BCUT2D eigenvalue weighted by atomic mass is 32.1. The van der Waals surface area contributed by atoms with E-state index in [9.17, 15) is 4.79 Å². The number of thiazole rings is 1. The van der Waals surface area contributed by atoms with E-state index in [4.69, 9.17) is 10.1 Å². The van der Waals surface area contributed by atoms with Crippen LogP contribution >= 0.6 is 11.3 Å². The van der Waals surface area contributed by atoms with E-state index >= 15 is 0 Å². The number of fused-ring (bicyclic) bond motifs is 1. The SMILES string of the molecule is CN(c1ccc(C(=O)O)cc1)c1nc2c(s1)C(C)(C)CCC2(C)C. The molecule has 0 spiro atoms. The quantitative estimate of drug-likeness (QED) is 0.855. The van der Waals surface area contributed by atoms with Crippen molar-refractivity contribution in [2.24, 2.45) is 0 Å². The van der Waals surface area contributed by atoms with Gasteiger partial charge in [-0.15, -0.1) is 11.3 Å². The van der Waals surface area contributed by atoms with Crippen LogP contribution in [0, 0.1) is 0 Å². The Morgan fingerprint density at radius 1 is 1.12 bits per heavy atom. The molecule has 0 atom stereocenters. The van der Waals surface area contributed by atoms with Crippen LogP contribution in [0.3, 0.4) is 0 Å². The highest BCUT2D eigenvalue weighted by molar-refractivity contribution is 7.16. The molecule has 0 bridgehead atoms. The maximum Gasteiger partial charge on any atom is 0.335 e. The number of hydrogen-bond acceptors (Lipinski definition) is 4. The number of anilines is 2. The van der Waals surface area contributed by atoms with E-state index in [-0.39, 0.29) is 10.8 Å². The van der Waals surface area contributed by atoms with E-state index in [0.29, 0.717) is 5.56 Å². The lowest BCUT2D eigenvalue weighted by atomic mass is 9.69. The van der Waals surface area contributed by atoms with Crippen molar-refractivity contribution >= 4 is 28.1 Å². The molecule has 2 aromatic rings. The fourth-order valence-electron chi connectivity index (χ4n) is 3.16. The molecule has 4 nitrogen and oxygen atoms in total. The second-order valence-electron chi connectivity index (χ2n) is 7.85. The van der Waals surface area contributed by atoms with E-state index in [1.807, 2.05) is 24.1 Å². The van der Waals surface area contributed by atoms with E-state index in [2.05, 4.69) is 27.7 Å². The molecule has 1 N–H and O–H groups in total. The summed E-state index contributed by atoms with van der Waals surface area (Å²) in [6, 6.07) is 6.94. The molecule has 0 radical (unpaired) electrons. The molecule has 0 amide bonds. The number of hydrogen-bond donors (Lipinski definition) is 1. The highest BCUT2D eigenvalue weighted by Crippen LogP contribution is 2.49. The summed E-state index contributed by atoms with van der Waals surface area (Å²) in [6.45, 7) is 9.13. The number of rotatable bonds is 3. The lowest BCUT2D eigenvalue weighted by Crippen LogP contribution is -2.32. The van der Waals surface area contributed by atoms with Gasteiger partial charge in [0.2, 0.25) is 0 Å². The maximum absolute atomic E-state index is 11.0. The van der Waals surface area contributed by atoms with Gasteiger partial charge >= 0.3 is 5.97 Å². The van der Waals surface area contributed by atoms with E-state index in [1.54, 1.807) is 23.5 Å². The minimum Gasteiger partial charge on any atom is -0.478 e. The third kappa shape index (κ3) is 2.81. The molecule has 24 heavy (non-hydrogen) atoms. The first-order chi connectivity index (χ1) is 11.1. The first-order valence-electron chi connectivity index (χ1n) is 8.21. The van der Waals surface area contributed by atoms with Gasteiger partial charge in [-0.05, 0) is 37.1 Å². The Labute approximate surface area is 147 Å². The molecule has 0 saturated heterocycles. The van der Waals surface area contributed by atoms with Gasteiger partial charge in [0.1, 0.15) is 0 Å². The summed E-state index contributed by atoms with van der Waals surface area (Å²) in [4.78, 5) is 19.4. The fourth-order valence-corrected chi connectivity index (χ4v) is 4.52. The van der Waals surface area contributed by atoms with Crippen LogP contribution in [0.1, 0.15) is 61.5 Å². The standard InChI is InChI=1S/C19H24N2O2S/c1-18(2)10-11-19(3,4)15-14(18)20-17(24-15)21(5)13-8-6-12(7-9-13)16(22)23/h6-9H,10-11H2,1-5H3,(H,22,23). The van der Waals surface area contributed by atoms with Crippen LogP contribution in [0.25, 0.3) is 0 Å². The number of carboxylic acids is 1. The van der Waals surface area contributed by atoms with Crippen molar-refractivity contribution in [2.75, 3.05) is 11.9 Å². The Kier molecular flexibility index (Phi) is 3.95. The van der Waals surface area contributed by atoms with Gasteiger partial charge in [0.05, 0.1) is 11.3 Å². The van der Waals surface area contributed by atoms with E-state index in [0.717, 1.165) is 17.2 Å². The van der Waals surface area contributed by atoms with Gasteiger partial charge in [0.15, 0.2) is 5.13 Å². The predicted octanol–water partition coefficient (Wildman–Crippen LogP) is 4.96. The summed E-state index contributed by atoms with van der Waals surface area (Å²) >= 11 is 1.76. The Bertz CT molecular complexity index is 742. The topological polar surface area (TPSA) is 53.4 Å². The Balaban J connectivity index is 1.98. The zero-order valence-electron chi connectivity index (χ0n) is 14.9. The molecular formula is C19H24N2O2S. The van der Waals surface area contributed by atoms with Gasteiger partial charge in [0, 0.05) is 28.4 Å². The maximum atomic E-state index is 11.0. The molecule has 1 aromatic carbocycles. The second-order valence-corrected chi connectivity index (χ2v) is 8.83. The number of carbonyl (C=O) groups is 1. The Morgan fingerprint density at radius 3 is 2.25 bits per heavy atom. The summed E-state index contributed by atoms with van der Waals surface area (Å²) in [7, 11) is 1.99. The molecule has 1 aromatic heterocycles. The summed E-state index contributed by atoms with van der Waals surface area (Å²) < 4.78 is 0. The van der Waals surface area contributed by atoms with Crippen molar-refractivity contribution in [1.29, 1.82) is 0 Å². The fraction of sp³-hybridized carbons (Fsp3) is 0.474.